The molecule has 0 spiro atoms. The van der Waals surface area contributed by atoms with E-state index in [0.29, 0.717) is 48.2 Å². The molecule has 0 saturated heterocycles. The van der Waals surface area contributed by atoms with Gasteiger partial charge in [-0.2, -0.15) is 0 Å². The van der Waals surface area contributed by atoms with Gasteiger partial charge in [0.2, 0.25) is 5.91 Å². The van der Waals surface area contributed by atoms with Crippen LogP contribution in [-0.2, 0) is 9.53 Å². The molecular weight excluding hydrogens is 532 g/mol. The molecule has 0 aliphatic heterocycles. The Hall–Kier alpha value is -2.14. The fourth-order valence-corrected chi connectivity index (χ4v) is 12.4. The molecule has 1 aromatic carbocycles. The lowest BCUT2D eigenvalue weighted by Gasteiger charge is -2.72. The van der Waals surface area contributed by atoms with Crippen LogP contribution in [0.3, 0.4) is 0 Å². The van der Waals surface area contributed by atoms with Gasteiger partial charge in [-0.1, -0.05) is 59.2 Å². The van der Waals surface area contributed by atoms with Gasteiger partial charge in [-0.3, -0.25) is 4.79 Å². The van der Waals surface area contributed by atoms with Crippen molar-refractivity contribution in [2.45, 2.75) is 105 Å². The first-order valence-corrected chi connectivity index (χ1v) is 17.3. The van der Waals surface area contributed by atoms with Gasteiger partial charge in [0.25, 0.3) is 0 Å². The van der Waals surface area contributed by atoms with Gasteiger partial charge in [-0.25, -0.2) is 4.79 Å². The highest BCUT2D eigenvalue weighted by atomic mass is 16.5. The Bertz CT molecular complexity index is 1280. The number of rotatable bonds is 6. The molecule has 6 rings (SSSR count). The Morgan fingerprint density at radius 2 is 1.63 bits per heavy atom. The summed E-state index contributed by atoms with van der Waals surface area (Å²) >= 11 is 0. The summed E-state index contributed by atoms with van der Waals surface area (Å²) in [5.74, 6) is 2.51. The summed E-state index contributed by atoms with van der Waals surface area (Å²) in [7, 11) is 1.44. The van der Waals surface area contributed by atoms with E-state index in [9.17, 15) is 9.59 Å². The molecular formula is C38H56N2O3. The molecule has 0 heterocycles. The zero-order chi connectivity index (χ0) is 30.8. The van der Waals surface area contributed by atoms with Crippen molar-refractivity contribution in [2.24, 2.45) is 56.5 Å². The minimum Gasteiger partial charge on any atom is -0.465 e. The van der Waals surface area contributed by atoms with Crippen LogP contribution in [0.4, 0.5) is 0 Å². The summed E-state index contributed by atoms with van der Waals surface area (Å²) in [6.07, 6.45) is 15.4. The molecule has 0 aromatic heterocycles. The number of allylic oxidation sites excluding steroid dienone is 2. The van der Waals surface area contributed by atoms with Gasteiger partial charge in [-0.05, 0) is 139 Å². The van der Waals surface area contributed by atoms with Crippen LogP contribution in [0, 0.1) is 50.7 Å². The first-order valence-electron chi connectivity index (χ1n) is 17.3. The van der Waals surface area contributed by atoms with Gasteiger partial charge < -0.3 is 15.8 Å². The molecule has 4 saturated carbocycles. The third kappa shape index (κ3) is 4.33. The van der Waals surface area contributed by atoms with Crippen molar-refractivity contribution >= 4 is 17.4 Å². The minimum atomic E-state index is -0.281. The first kappa shape index (κ1) is 30.9. The van der Waals surface area contributed by atoms with Crippen molar-refractivity contribution in [1.82, 2.24) is 5.32 Å². The molecule has 1 aromatic rings. The van der Waals surface area contributed by atoms with E-state index >= 15 is 0 Å². The lowest BCUT2D eigenvalue weighted by Crippen LogP contribution is -2.65. The average Bonchev–Trinajstić information content (AvgIpc) is 3.43. The third-order valence-corrected chi connectivity index (χ3v) is 14.7. The quantitative estimate of drug-likeness (QED) is 0.263. The molecule has 5 aliphatic rings. The number of esters is 1. The van der Waals surface area contributed by atoms with Crippen molar-refractivity contribution in [2.75, 3.05) is 20.2 Å². The van der Waals surface area contributed by atoms with E-state index in [2.05, 4.69) is 58.1 Å². The van der Waals surface area contributed by atoms with Crippen LogP contribution in [0.25, 0.3) is 5.57 Å². The summed E-state index contributed by atoms with van der Waals surface area (Å²) in [5.41, 5.74) is 9.73. The molecule has 4 fully saturated rings. The topological polar surface area (TPSA) is 81.4 Å². The van der Waals surface area contributed by atoms with Crippen LogP contribution < -0.4 is 11.1 Å². The van der Waals surface area contributed by atoms with Crippen LogP contribution in [0.2, 0.25) is 0 Å². The Kier molecular flexibility index (Phi) is 7.71. The Labute approximate surface area is 260 Å². The fraction of sp³-hybridized carbons (Fsp3) is 0.737. The Morgan fingerprint density at radius 1 is 0.884 bits per heavy atom. The van der Waals surface area contributed by atoms with Crippen LogP contribution >= 0.6 is 0 Å². The fourth-order valence-electron chi connectivity index (χ4n) is 12.4. The summed E-state index contributed by atoms with van der Waals surface area (Å²) in [4.78, 5) is 25.8. The number of carbonyl (C=O) groups is 2. The number of hydrogen-bond acceptors (Lipinski definition) is 4. The van der Waals surface area contributed by atoms with E-state index in [4.69, 9.17) is 10.5 Å². The standard InChI is InChI=1S/C38H56N2O3/c1-34(2)27(25-10-12-26(13-11-25)32(41)43-6)16-19-35(3)30(34)17-20-37(5)31(35)15-14-28-29-9-7-18-38(29,22-21-36(28,37)4)33(42)40-24-8-23-39/h10-13,16,28-31H,7-9,14-15,17-24,39H2,1-6H3,(H,40,42)/t28?,29?,30?,31?,35?,36-,37?,38?/m1/s1. The summed E-state index contributed by atoms with van der Waals surface area (Å²) in [6, 6.07) is 8.06. The van der Waals surface area contributed by atoms with E-state index < -0.39 is 0 Å². The highest BCUT2D eigenvalue weighted by Gasteiger charge is 2.70. The number of nitrogens with two attached hydrogens (primary N) is 1. The molecule has 5 heteroatoms. The normalized spacial score (nSPS) is 41.1. The second-order valence-electron chi connectivity index (χ2n) is 16.3. The predicted molar refractivity (Wildman–Crippen MR) is 173 cm³/mol. The van der Waals surface area contributed by atoms with Gasteiger partial charge >= 0.3 is 5.97 Å². The molecule has 8 atom stereocenters. The van der Waals surface area contributed by atoms with Crippen molar-refractivity contribution < 1.29 is 14.3 Å². The number of ether oxygens (including phenoxy) is 1. The zero-order valence-electron chi connectivity index (χ0n) is 27.7. The predicted octanol–water partition coefficient (Wildman–Crippen LogP) is 7.79. The minimum absolute atomic E-state index is 0.0493. The van der Waals surface area contributed by atoms with E-state index in [-0.39, 0.29) is 33.0 Å². The number of hydrogen-bond donors (Lipinski definition) is 2. The maximum atomic E-state index is 13.8. The third-order valence-electron chi connectivity index (χ3n) is 14.7. The maximum absolute atomic E-state index is 13.8. The smallest absolute Gasteiger partial charge is 0.337 e. The largest absolute Gasteiger partial charge is 0.465 e. The van der Waals surface area contributed by atoms with Crippen LogP contribution in [0.15, 0.2) is 30.3 Å². The second-order valence-corrected chi connectivity index (χ2v) is 16.3. The SMILES string of the molecule is COC(=O)c1ccc(C2=CCC3(C)C(CCC4(C)C3CCC3C5CCCC5(C(=O)NCCCN)CC[C@]34C)C2(C)C)cc1. The summed E-state index contributed by atoms with van der Waals surface area (Å²) in [6.45, 7) is 14.3. The monoisotopic (exact) mass is 588 g/mol. The van der Waals surface area contributed by atoms with Gasteiger partial charge in [0.05, 0.1) is 18.1 Å². The van der Waals surface area contributed by atoms with Crippen LogP contribution in [0.1, 0.15) is 121 Å². The highest BCUT2D eigenvalue weighted by molar-refractivity contribution is 5.90. The Balaban J connectivity index is 1.29. The van der Waals surface area contributed by atoms with Crippen LogP contribution in [0.5, 0.6) is 0 Å². The number of fused-ring (bicyclic) bond motifs is 7. The van der Waals surface area contributed by atoms with Gasteiger partial charge in [0, 0.05) is 6.54 Å². The molecule has 7 unspecified atom stereocenters. The molecule has 1 amide bonds. The number of benzene rings is 1. The second kappa shape index (κ2) is 10.7. The van der Waals surface area contributed by atoms with Gasteiger partial charge in [0.15, 0.2) is 0 Å². The van der Waals surface area contributed by atoms with Crippen LogP contribution in [-0.4, -0.2) is 32.1 Å². The summed E-state index contributed by atoms with van der Waals surface area (Å²) < 4.78 is 4.93. The zero-order valence-corrected chi connectivity index (χ0v) is 27.7. The van der Waals surface area contributed by atoms with E-state index in [0.717, 1.165) is 25.7 Å². The molecule has 236 valence electrons. The van der Waals surface area contributed by atoms with E-state index in [1.807, 2.05) is 12.1 Å². The lowest BCUT2D eigenvalue weighted by molar-refractivity contribution is -0.222. The van der Waals surface area contributed by atoms with Gasteiger partial charge in [-0.15, -0.1) is 0 Å². The molecule has 0 bridgehead atoms. The van der Waals surface area contributed by atoms with Crippen molar-refractivity contribution in [3.8, 4) is 0 Å². The first-order chi connectivity index (χ1) is 20.4. The number of carbonyl (C=O) groups excluding carboxylic acids is 2. The van der Waals surface area contributed by atoms with Crippen molar-refractivity contribution in [3.63, 3.8) is 0 Å². The Morgan fingerprint density at radius 3 is 2.33 bits per heavy atom. The number of methoxy groups -OCH3 is 1. The molecule has 5 aliphatic carbocycles. The van der Waals surface area contributed by atoms with Crippen molar-refractivity contribution in [1.29, 1.82) is 0 Å². The van der Waals surface area contributed by atoms with Crippen molar-refractivity contribution in [3.05, 3.63) is 41.5 Å². The molecule has 3 N–H and O–H groups in total. The molecule has 43 heavy (non-hydrogen) atoms. The van der Waals surface area contributed by atoms with Gasteiger partial charge in [0.1, 0.15) is 0 Å². The highest BCUT2D eigenvalue weighted by Crippen LogP contribution is 2.77. The lowest BCUT2D eigenvalue weighted by atomic mass is 9.32. The molecule has 5 nitrogen and oxygen atoms in total. The average molecular weight is 589 g/mol. The number of nitrogens with one attached hydrogen (secondary N) is 1. The maximum Gasteiger partial charge on any atom is 0.337 e. The van der Waals surface area contributed by atoms with E-state index in [1.54, 1.807) is 0 Å². The summed E-state index contributed by atoms with van der Waals surface area (Å²) in [5, 5.41) is 3.32. The van der Waals surface area contributed by atoms with E-state index in [1.165, 1.54) is 63.2 Å². The molecule has 0 radical (unpaired) electrons. The number of amides is 1.